The van der Waals surface area contributed by atoms with Gasteiger partial charge in [-0.2, -0.15) is 0 Å². The second-order valence-corrected chi connectivity index (χ2v) is 2.22. The number of rotatable bonds is 0. The molecular formula is C7H10O2. The van der Waals surface area contributed by atoms with E-state index in [-0.39, 0.29) is 5.97 Å². The molecule has 1 aliphatic rings. The van der Waals surface area contributed by atoms with Crippen molar-refractivity contribution in [3.05, 3.63) is 12.3 Å². The maximum Gasteiger partial charge on any atom is 0.310 e. The minimum absolute atomic E-state index is 0.127. The number of hydrogen-bond acceptors (Lipinski definition) is 2. The van der Waals surface area contributed by atoms with Crippen molar-refractivity contribution in [3.63, 3.8) is 0 Å². The molecule has 50 valence electrons. The van der Waals surface area contributed by atoms with E-state index < -0.39 is 0 Å². The van der Waals surface area contributed by atoms with E-state index in [0.29, 0.717) is 12.2 Å². The van der Waals surface area contributed by atoms with Gasteiger partial charge in [0.15, 0.2) is 0 Å². The summed E-state index contributed by atoms with van der Waals surface area (Å²) in [5.74, 6) is 0.495. The Hall–Kier alpha value is -0.790. The average molecular weight is 126 g/mol. The van der Waals surface area contributed by atoms with Gasteiger partial charge in [-0.1, -0.05) is 6.58 Å². The third kappa shape index (κ3) is 1.88. The molecule has 0 N–H and O–H groups in total. The molecule has 0 aromatic heterocycles. The molecule has 9 heavy (non-hydrogen) atoms. The zero-order valence-corrected chi connectivity index (χ0v) is 5.35. The highest BCUT2D eigenvalue weighted by Gasteiger charge is 2.09. The van der Waals surface area contributed by atoms with E-state index in [2.05, 4.69) is 6.58 Å². The topological polar surface area (TPSA) is 26.3 Å². The largest absolute Gasteiger partial charge is 0.432 e. The minimum atomic E-state index is -0.127. The van der Waals surface area contributed by atoms with Gasteiger partial charge in [0.1, 0.15) is 5.76 Å². The molecule has 2 nitrogen and oxygen atoms in total. The number of hydrogen-bond donors (Lipinski definition) is 0. The van der Waals surface area contributed by atoms with Gasteiger partial charge in [0, 0.05) is 12.8 Å². The fourth-order valence-electron chi connectivity index (χ4n) is 0.855. The third-order valence-corrected chi connectivity index (χ3v) is 1.34. The maximum absolute atomic E-state index is 10.6. The highest BCUT2D eigenvalue weighted by molar-refractivity contribution is 5.70. The Bertz CT molecular complexity index is 122. The van der Waals surface area contributed by atoms with Crippen LogP contribution in [-0.2, 0) is 9.53 Å². The number of cyclic esters (lactones) is 1. The normalized spacial score (nSPS) is 20.9. The molecule has 1 aliphatic heterocycles. The molecule has 0 bridgehead atoms. The highest BCUT2D eigenvalue weighted by atomic mass is 16.5. The molecule has 2 heteroatoms. The van der Waals surface area contributed by atoms with E-state index in [1.54, 1.807) is 0 Å². The van der Waals surface area contributed by atoms with Gasteiger partial charge in [0.25, 0.3) is 0 Å². The van der Waals surface area contributed by atoms with E-state index in [9.17, 15) is 4.79 Å². The molecule has 0 radical (unpaired) electrons. The van der Waals surface area contributed by atoms with Crippen LogP contribution in [0.2, 0.25) is 0 Å². The number of carbonyl (C=O) groups excluding carboxylic acids is 1. The molecule has 1 rings (SSSR count). The van der Waals surface area contributed by atoms with Crippen LogP contribution in [0.3, 0.4) is 0 Å². The van der Waals surface area contributed by atoms with E-state index in [1.807, 2.05) is 0 Å². The standard InChI is InChI=1S/C7H10O2/c1-6-4-2-3-5-7(8)9-6/h1-5H2. The lowest BCUT2D eigenvalue weighted by atomic mass is 10.2. The Kier molecular flexibility index (Phi) is 1.88. The first kappa shape index (κ1) is 6.33. The molecule has 0 aromatic carbocycles. The summed E-state index contributed by atoms with van der Waals surface area (Å²) in [6.45, 7) is 3.58. The lowest BCUT2D eigenvalue weighted by Gasteiger charge is -1.98. The molecule has 0 spiro atoms. The molecule has 0 aromatic rings. The van der Waals surface area contributed by atoms with Gasteiger partial charge in [0.05, 0.1) is 0 Å². The van der Waals surface area contributed by atoms with Crippen LogP contribution in [0.5, 0.6) is 0 Å². The molecule has 1 fully saturated rings. The van der Waals surface area contributed by atoms with Crippen LogP contribution < -0.4 is 0 Å². The fraction of sp³-hybridized carbons (Fsp3) is 0.571. The summed E-state index contributed by atoms with van der Waals surface area (Å²) in [5, 5.41) is 0. The zero-order chi connectivity index (χ0) is 6.69. The SMILES string of the molecule is C=C1CCCCC(=O)O1. The fourth-order valence-corrected chi connectivity index (χ4v) is 0.855. The second kappa shape index (κ2) is 2.67. The summed E-state index contributed by atoms with van der Waals surface area (Å²) in [5.41, 5.74) is 0. The monoisotopic (exact) mass is 126 g/mol. The van der Waals surface area contributed by atoms with Crippen molar-refractivity contribution in [2.75, 3.05) is 0 Å². The van der Waals surface area contributed by atoms with Crippen molar-refractivity contribution in [3.8, 4) is 0 Å². The summed E-state index contributed by atoms with van der Waals surface area (Å²) in [4.78, 5) is 10.6. The summed E-state index contributed by atoms with van der Waals surface area (Å²) in [7, 11) is 0. The van der Waals surface area contributed by atoms with Crippen molar-refractivity contribution in [1.29, 1.82) is 0 Å². The lowest BCUT2D eigenvalue weighted by Crippen LogP contribution is -1.98. The maximum atomic E-state index is 10.6. The zero-order valence-electron chi connectivity index (χ0n) is 5.35. The third-order valence-electron chi connectivity index (χ3n) is 1.34. The number of carbonyl (C=O) groups is 1. The number of allylic oxidation sites excluding steroid dienone is 1. The Morgan fingerprint density at radius 1 is 1.33 bits per heavy atom. The van der Waals surface area contributed by atoms with E-state index >= 15 is 0 Å². The van der Waals surface area contributed by atoms with Crippen LogP contribution in [0, 0.1) is 0 Å². The van der Waals surface area contributed by atoms with Crippen molar-refractivity contribution in [1.82, 2.24) is 0 Å². The summed E-state index contributed by atoms with van der Waals surface area (Å²) in [6, 6.07) is 0. The predicted molar refractivity (Wildman–Crippen MR) is 33.7 cm³/mol. The molecule has 0 unspecified atom stereocenters. The van der Waals surface area contributed by atoms with Crippen molar-refractivity contribution in [2.24, 2.45) is 0 Å². The van der Waals surface area contributed by atoms with Gasteiger partial charge >= 0.3 is 5.97 Å². The molecule has 0 aliphatic carbocycles. The van der Waals surface area contributed by atoms with Crippen molar-refractivity contribution >= 4 is 5.97 Å². The van der Waals surface area contributed by atoms with Gasteiger partial charge in [-0.25, -0.2) is 0 Å². The van der Waals surface area contributed by atoms with E-state index in [1.165, 1.54) is 0 Å². The molecule has 0 saturated carbocycles. The Morgan fingerprint density at radius 2 is 2.00 bits per heavy atom. The van der Waals surface area contributed by atoms with Crippen LogP contribution in [0.1, 0.15) is 25.7 Å². The predicted octanol–water partition coefficient (Wildman–Crippen LogP) is 1.62. The Labute approximate surface area is 54.5 Å². The van der Waals surface area contributed by atoms with Gasteiger partial charge < -0.3 is 4.74 Å². The Morgan fingerprint density at radius 3 is 2.78 bits per heavy atom. The van der Waals surface area contributed by atoms with Crippen LogP contribution in [0.4, 0.5) is 0 Å². The van der Waals surface area contributed by atoms with Crippen LogP contribution in [0.15, 0.2) is 12.3 Å². The molecule has 1 heterocycles. The summed E-state index contributed by atoms with van der Waals surface area (Å²) < 4.78 is 4.78. The Balaban J connectivity index is 2.47. The lowest BCUT2D eigenvalue weighted by molar-refractivity contribution is -0.138. The van der Waals surface area contributed by atoms with Crippen molar-refractivity contribution < 1.29 is 9.53 Å². The number of esters is 1. The van der Waals surface area contributed by atoms with Gasteiger partial charge in [-0.3, -0.25) is 4.79 Å². The highest BCUT2D eigenvalue weighted by Crippen LogP contribution is 2.14. The van der Waals surface area contributed by atoms with Gasteiger partial charge in [-0.15, -0.1) is 0 Å². The first-order valence-corrected chi connectivity index (χ1v) is 3.17. The van der Waals surface area contributed by atoms with Crippen LogP contribution in [0.25, 0.3) is 0 Å². The molecule has 0 amide bonds. The molecule has 0 atom stereocenters. The van der Waals surface area contributed by atoms with Crippen LogP contribution >= 0.6 is 0 Å². The second-order valence-electron chi connectivity index (χ2n) is 2.22. The molecule has 1 saturated heterocycles. The number of ether oxygens (including phenoxy) is 1. The van der Waals surface area contributed by atoms with E-state index in [0.717, 1.165) is 19.3 Å². The van der Waals surface area contributed by atoms with Gasteiger partial charge in [0.2, 0.25) is 0 Å². The van der Waals surface area contributed by atoms with Gasteiger partial charge in [-0.05, 0) is 12.8 Å². The smallest absolute Gasteiger partial charge is 0.310 e. The minimum Gasteiger partial charge on any atom is -0.432 e. The first-order valence-electron chi connectivity index (χ1n) is 3.17. The summed E-state index contributed by atoms with van der Waals surface area (Å²) >= 11 is 0. The molecular weight excluding hydrogens is 116 g/mol. The summed E-state index contributed by atoms with van der Waals surface area (Å²) in [6.07, 6.45) is 3.37. The van der Waals surface area contributed by atoms with Crippen LogP contribution in [-0.4, -0.2) is 5.97 Å². The van der Waals surface area contributed by atoms with E-state index in [4.69, 9.17) is 4.74 Å². The quantitative estimate of drug-likeness (QED) is 0.461. The first-order chi connectivity index (χ1) is 4.29. The van der Waals surface area contributed by atoms with Crippen molar-refractivity contribution in [2.45, 2.75) is 25.7 Å². The average Bonchev–Trinajstić information content (AvgIpc) is 1.93.